The van der Waals surface area contributed by atoms with Gasteiger partial charge in [-0.25, -0.2) is 4.98 Å². The van der Waals surface area contributed by atoms with Crippen molar-refractivity contribution in [1.82, 2.24) is 9.97 Å². The van der Waals surface area contributed by atoms with Gasteiger partial charge in [0.05, 0.1) is 18.6 Å². The summed E-state index contributed by atoms with van der Waals surface area (Å²) in [6.07, 6.45) is 6.01. The summed E-state index contributed by atoms with van der Waals surface area (Å²) in [7, 11) is 1.68. The lowest BCUT2D eigenvalue weighted by Crippen LogP contribution is -2.26. The number of benzene rings is 1. The highest BCUT2D eigenvalue weighted by atomic mass is 32.2. The van der Waals surface area contributed by atoms with Crippen LogP contribution in [0, 0.1) is 0 Å². The Balaban J connectivity index is 2.32. The summed E-state index contributed by atoms with van der Waals surface area (Å²) < 4.78 is 5.45. The van der Waals surface area contributed by atoms with Crippen molar-refractivity contribution >= 4 is 11.8 Å². The number of para-hydroxylation sites is 1. The Morgan fingerprint density at radius 2 is 2.10 bits per heavy atom. The molecule has 1 aromatic carbocycles. The van der Waals surface area contributed by atoms with Crippen LogP contribution >= 0.6 is 11.8 Å². The molecule has 0 amide bonds. The molecule has 1 heterocycles. The fourth-order valence-electron chi connectivity index (χ4n) is 1.97. The van der Waals surface area contributed by atoms with E-state index in [1.165, 1.54) is 0 Å². The van der Waals surface area contributed by atoms with E-state index in [1.54, 1.807) is 37.5 Å². The van der Waals surface area contributed by atoms with Crippen LogP contribution in [-0.2, 0) is 0 Å². The normalized spacial score (nSPS) is 13.8. The number of rotatable bonds is 6. The molecule has 0 saturated heterocycles. The van der Waals surface area contributed by atoms with Gasteiger partial charge in [-0.2, -0.15) is 0 Å². The molecule has 20 heavy (non-hydrogen) atoms. The first-order valence-electron chi connectivity index (χ1n) is 6.57. The van der Waals surface area contributed by atoms with Crippen LogP contribution in [0.2, 0.25) is 0 Å². The molecule has 0 aliphatic rings. The Morgan fingerprint density at radius 3 is 2.75 bits per heavy atom. The van der Waals surface area contributed by atoms with Crippen molar-refractivity contribution in [3.8, 4) is 5.75 Å². The molecule has 106 valence electrons. The number of hydrogen-bond donors (Lipinski definition) is 1. The second kappa shape index (κ2) is 7.26. The van der Waals surface area contributed by atoms with Crippen LogP contribution in [0.5, 0.6) is 5.75 Å². The van der Waals surface area contributed by atoms with Crippen LogP contribution in [-0.4, -0.2) is 23.1 Å². The van der Waals surface area contributed by atoms with Gasteiger partial charge < -0.3 is 10.5 Å². The molecule has 2 rings (SSSR count). The van der Waals surface area contributed by atoms with E-state index in [0.29, 0.717) is 0 Å². The van der Waals surface area contributed by atoms with Gasteiger partial charge in [-0.15, -0.1) is 0 Å². The maximum absolute atomic E-state index is 6.30. The van der Waals surface area contributed by atoms with Crippen LogP contribution in [0.3, 0.4) is 0 Å². The van der Waals surface area contributed by atoms with E-state index in [9.17, 15) is 0 Å². The van der Waals surface area contributed by atoms with Gasteiger partial charge in [-0.1, -0.05) is 36.9 Å². The lowest BCUT2D eigenvalue weighted by atomic mass is 10.0. The van der Waals surface area contributed by atoms with Crippen molar-refractivity contribution in [2.75, 3.05) is 7.11 Å². The van der Waals surface area contributed by atoms with E-state index >= 15 is 0 Å². The average Bonchev–Trinajstić information content (AvgIpc) is 2.53. The zero-order chi connectivity index (χ0) is 14.4. The van der Waals surface area contributed by atoms with Gasteiger partial charge in [-0.3, -0.25) is 4.98 Å². The van der Waals surface area contributed by atoms with Crippen molar-refractivity contribution in [1.29, 1.82) is 0 Å². The summed E-state index contributed by atoms with van der Waals surface area (Å²) in [5, 5.41) is 0.958. The predicted octanol–water partition coefficient (Wildman–Crippen LogP) is 3.06. The maximum atomic E-state index is 6.30. The molecule has 0 radical (unpaired) electrons. The van der Waals surface area contributed by atoms with Gasteiger partial charge in [-0.05, 0) is 12.5 Å². The van der Waals surface area contributed by atoms with E-state index in [4.69, 9.17) is 10.5 Å². The van der Waals surface area contributed by atoms with Gasteiger partial charge in [0.25, 0.3) is 0 Å². The number of hydrogen-bond acceptors (Lipinski definition) is 5. The molecule has 1 aromatic heterocycles. The number of nitrogens with two attached hydrogens (primary N) is 1. The minimum atomic E-state index is 0.0262. The van der Waals surface area contributed by atoms with Crippen LogP contribution in [0.1, 0.15) is 24.2 Å². The summed E-state index contributed by atoms with van der Waals surface area (Å²) in [6, 6.07) is 8.01. The van der Waals surface area contributed by atoms with Gasteiger partial charge in [0.2, 0.25) is 0 Å². The minimum Gasteiger partial charge on any atom is -0.496 e. The maximum Gasteiger partial charge on any atom is 0.123 e. The van der Waals surface area contributed by atoms with Crippen LogP contribution < -0.4 is 10.5 Å². The third-order valence-corrected chi connectivity index (χ3v) is 4.40. The van der Waals surface area contributed by atoms with Crippen molar-refractivity contribution in [3.05, 3.63) is 48.4 Å². The van der Waals surface area contributed by atoms with E-state index in [-0.39, 0.29) is 11.3 Å². The molecule has 5 heteroatoms. The van der Waals surface area contributed by atoms with Gasteiger partial charge in [0.1, 0.15) is 10.8 Å². The fraction of sp³-hybridized carbons (Fsp3) is 0.333. The number of nitrogens with zero attached hydrogens (tertiary/aromatic N) is 2. The summed E-state index contributed by atoms with van der Waals surface area (Å²) in [6.45, 7) is 2.09. The van der Waals surface area contributed by atoms with Gasteiger partial charge in [0, 0.05) is 24.0 Å². The van der Waals surface area contributed by atoms with Crippen molar-refractivity contribution in [2.45, 2.75) is 29.7 Å². The SMILES string of the molecule is CCC(N)C(Sc1cnccn1)c1ccccc1OC. The van der Waals surface area contributed by atoms with Crippen LogP contribution in [0.15, 0.2) is 47.9 Å². The average molecular weight is 289 g/mol. The molecule has 2 N–H and O–H groups in total. The fourth-order valence-corrected chi connectivity index (χ4v) is 3.17. The van der Waals surface area contributed by atoms with Gasteiger partial charge >= 0.3 is 0 Å². The third kappa shape index (κ3) is 3.49. The molecule has 2 unspecified atom stereocenters. The highest BCUT2D eigenvalue weighted by Crippen LogP contribution is 2.40. The number of ether oxygens (including phenoxy) is 1. The first kappa shape index (κ1) is 14.8. The van der Waals surface area contributed by atoms with Gasteiger partial charge in [0.15, 0.2) is 0 Å². The molecule has 0 fully saturated rings. The zero-order valence-corrected chi connectivity index (χ0v) is 12.5. The highest BCUT2D eigenvalue weighted by Gasteiger charge is 2.23. The second-order valence-corrected chi connectivity index (χ2v) is 5.56. The first-order chi connectivity index (χ1) is 9.76. The topological polar surface area (TPSA) is 61.0 Å². The van der Waals surface area contributed by atoms with E-state index < -0.39 is 0 Å². The zero-order valence-electron chi connectivity index (χ0n) is 11.7. The summed E-state index contributed by atoms with van der Waals surface area (Å²) in [4.78, 5) is 8.42. The molecule has 0 saturated carbocycles. The van der Waals surface area contributed by atoms with Crippen LogP contribution in [0.4, 0.5) is 0 Å². The molecule has 0 aliphatic heterocycles. The van der Waals surface area contributed by atoms with Crippen molar-refractivity contribution < 1.29 is 4.74 Å². The molecule has 2 atom stereocenters. The number of methoxy groups -OCH3 is 1. The van der Waals surface area contributed by atoms with Crippen molar-refractivity contribution in [3.63, 3.8) is 0 Å². The van der Waals surface area contributed by atoms with E-state index in [0.717, 1.165) is 22.8 Å². The molecule has 0 bridgehead atoms. The summed E-state index contributed by atoms with van der Waals surface area (Å²) in [5.41, 5.74) is 7.39. The summed E-state index contributed by atoms with van der Waals surface area (Å²) >= 11 is 1.63. The molecule has 0 spiro atoms. The molecule has 2 aromatic rings. The van der Waals surface area contributed by atoms with E-state index in [1.807, 2.05) is 18.2 Å². The Hall–Kier alpha value is -1.59. The lowest BCUT2D eigenvalue weighted by molar-refractivity contribution is 0.407. The smallest absolute Gasteiger partial charge is 0.123 e. The number of thioether (sulfide) groups is 1. The quantitative estimate of drug-likeness (QED) is 0.828. The number of aromatic nitrogens is 2. The largest absolute Gasteiger partial charge is 0.496 e. The lowest BCUT2D eigenvalue weighted by Gasteiger charge is -2.24. The second-order valence-electron chi connectivity index (χ2n) is 4.40. The molecule has 4 nitrogen and oxygen atoms in total. The minimum absolute atomic E-state index is 0.0262. The monoisotopic (exact) mass is 289 g/mol. The van der Waals surface area contributed by atoms with Crippen molar-refractivity contribution in [2.24, 2.45) is 5.73 Å². The highest BCUT2D eigenvalue weighted by molar-refractivity contribution is 7.99. The van der Waals surface area contributed by atoms with Crippen LogP contribution in [0.25, 0.3) is 0 Å². The Bertz CT molecular complexity index is 536. The Morgan fingerprint density at radius 1 is 1.30 bits per heavy atom. The molecular weight excluding hydrogens is 270 g/mol. The Labute approximate surface area is 123 Å². The molecule has 0 aliphatic carbocycles. The Kier molecular flexibility index (Phi) is 5.38. The summed E-state index contributed by atoms with van der Waals surface area (Å²) in [5.74, 6) is 0.859. The predicted molar refractivity (Wildman–Crippen MR) is 81.9 cm³/mol. The van der Waals surface area contributed by atoms with E-state index in [2.05, 4.69) is 23.0 Å². The standard InChI is InChI=1S/C15H19N3OS/c1-3-12(16)15(20-14-10-17-8-9-18-14)11-6-4-5-7-13(11)19-2/h4-10,12,15H,3,16H2,1-2H3. The third-order valence-electron chi connectivity index (χ3n) is 3.09. The molecular formula is C15H19N3OS. The first-order valence-corrected chi connectivity index (χ1v) is 7.45.